The first-order valence-corrected chi connectivity index (χ1v) is 18.1. The average Bonchev–Trinajstić information content (AvgIpc) is 3.67. The van der Waals surface area contributed by atoms with E-state index >= 15 is 0 Å². The molecule has 6 rings (SSSR count). The maximum Gasteiger partial charge on any atom is 0.455 e. The lowest BCUT2D eigenvalue weighted by Crippen LogP contribution is -2.46. The van der Waals surface area contributed by atoms with Crippen LogP contribution in [-0.2, 0) is 20.8 Å². The summed E-state index contributed by atoms with van der Waals surface area (Å²) in [7, 11) is 0.499. The second kappa shape index (κ2) is 15.0. The van der Waals surface area contributed by atoms with Crippen molar-refractivity contribution in [2.75, 3.05) is 13.7 Å². The number of phenolic OH excluding ortho intramolecular Hbond substituents is 1. The fourth-order valence-electron chi connectivity index (χ4n) is 7.34. The molecule has 246 valence electrons. The first-order chi connectivity index (χ1) is 22.8. The van der Waals surface area contributed by atoms with Crippen molar-refractivity contribution >= 4 is 58.9 Å². The quantitative estimate of drug-likeness (QED) is 0.0877. The van der Waals surface area contributed by atoms with E-state index in [-0.39, 0.29) is 43.0 Å². The monoisotopic (exact) mass is 767 g/mol. The molecule has 47 heavy (non-hydrogen) atoms. The Labute approximate surface area is 293 Å². The summed E-state index contributed by atoms with van der Waals surface area (Å²) in [4.78, 5) is 30.2. The molecule has 0 bridgehead atoms. The maximum atomic E-state index is 14.0. The van der Waals surface area contributed by atoms with Gasteiger partial charge in [0.25, 0.3) is 0 Å². The number of amides is 2. The number of hydrogen-bond donors (Lipinski definition) is 2. The molecule has 8 nitrogen and oxygen atoms in total. The van der Waals surface area contributed by atoms with Crippen molar-refractivity contribution in [1.82, 2.24) is 4.90 Å². The first kappa shape index (κ1) is 33.8. The van der Waals surface area contributed by atoms with Crippen LogP contribution in [-0.4, -0.2) is 53.8 Å². The number of ether oxygens (including phenoxy) is 2. The molecule has 1 aromatic heterocycles. The van der Waals surface area contributed by atoms with Gasteiger partial charge in [-0.25, -0.2) is 0 Å². The molecule has 2 saturated heterocycles. The van der Waals surface area contributed by atoms with Crippen molar-refractivity contribution in [3.63, 3.8) is 0 Å². The third-order valence-corrected chi connectivity index (χ3v) is 11.1. The topological polar surface area (TPSA) is 106 Å². The summed E-state index contributed by atoms with van der Waals surface area (Å²) in [6, 6.07) is 17.2. The van der Waals surface area contributed by atoms with Gasteiger partial charge in [-0.05, 0) is 113 Å². The Hall–Kier alpha value is -3.13. The minimum Gasteiger partial charge on any atom is -0.504 e. The van der Waals surface area contributed by atoms with Gasteiger partial charge >= 0.3 is 7.12 Å². The third kappa shape index (κ3) is 7.33. The lowest BCUT2D eigenvalue weighted by molar-refractivity contribution is -0.140. The highest BCUT2D eigenvalue weighted by Crippen LogP contribution is 2.51. The summed E-state index contributed by atoms with van der Waals surface area (Å²) >= 11 is 3.64. The van der Waals surface area contributed by atoms with Crippen molar-refractivity contribution in [3.05, 3.63) is 90.7 Å². The van der Waals surface area contributed by atoms with Gasteiger partial charge in [-0.2, -0.15) is 0 Å². The number of imide groups is 1. The summed E-state index contributed by atoms with van der Waals surface area (Å²) in [6.07, 6.45) is 5.53. The molecular weight excluding hydrogens is 728 g/mol. The van der Waals surface area contributed by atoms with Gasteiger partial charge in [-0.1, -0.05) is 49.3 Å². The van der Waals surface area contributed by atoms with Crippen molar-refractivity contribution in [3.8, 4) is 17.2 Å². The zero-order chi connectivity index (χ0) is 33.1. The lowest BCUT2D eigenvalue weighted by Gasteiger charge is -2.43. The molecule has 2 N–H and O–H groups in total. The summed E-state index contributed by atoms with van der Waals surface area (Å²) < 4.78 is 18.6. The number of fused-ring (bicyclic) bond motifs is 3. The maximum absolute atomic E-state index is 14.0. The van der Waals surface area contributed by atoms with Crippen LogP contribution in [0.5, 0.6) is 17.2 Å². The van der Waals surface area contributed by atoms with Gasteiger partial charge in [0.2, 0.25) is 11.8 Å². The van der Waals surface area contributed by atoms with Gasteiger partial charge in [0.1, 0.15) is 12.4 Å². The predicted molar refractivity (Wildman–Crippen MR) is 191 cm³/mol. The molecule has 0 spiro atoms. The molecule has 4 atom stereocenters. The van der Waals surface area contributed by atoms with Crippen molar-refractivity contribution in [2.45, 2.75) is 58.0 Å². The molecule has 0 unspecified atom stereocenters. The Morgan fingerprint density at radius 3 is 2.66 bits per heavy atom. The Balaban J connectivity index is 1.31. The van der Waals surface area contributed by atoms with Crippen LogP contribution in [0.2, 0.25) is 6.32 Å². The number of benzene rings is 2. The Morgan fingerprint density at radius 2 is 1.94 bits per heavy atom. The average molecular weight is 767 g/mol. The third-order valence-electron chi connectivity index (χ3n) is 9.39. The van der Waals surface area contributed by atoms with E-state index in [0.29, 0.717) is 28.6 Å². The Kier molecular flexibility index (Phi) is 10.8. The van der Waals surface area contributed by atoms with Crippen LogP contribution in [0.3, 0.4) is 0 Å². The second-order valence-corrected chi connectivity index (χ2v) is 14.6. The number of carbonyl (C=O) groups is 2. The van der Waals surface area contributed by atoms with Gasteiger partial charge in [-0.15, -0.1) is 11.3 Å². The number of phenols is 1. The number of allylic oxidation sites excluding steroid dienone is 1. The van der Waals surface area contributed by atoms with E-state index in [0.717, 1.165) is 40.2 Å². The van der Waals surface area contributed by atoms with Crippen LogP contribution in [0.1, 0.15) is 49.5 Å². The Bertz CT molecular complexity index is 1660. The summed E-state index contributed by atoms with van der Waals surface area (Å²) in [5.74, 6) is -0.358. The standard InChI is InChI=1S/C36H39BINO7S/c1-3-8-22(15-23-16-29(38)34(40)31(17-23)44-2)12-13-30-32-24(21-45-25-9-5-4-6-10-25)18-27-33(28(32)19-37(43)46-30)36(42)39(35(27)41)20-26-11-7-14-47-26/h4-7,9-11,14-17,27-28,30,33,40,43H,3,8,12-13,18-21H2,1-2H3/b22-15+/t27-,28+,30-,33-/m1/s1. The largest absolute Gasteiger partial charge is 0.504 e. The van der Waals surface area contributed by atoms with Gasteiger partial charge in [0.15, 0.2) is 11.5 Å². The molecule has 0 saturated carbocycles. The zero-order valence-corrected chi connectivity index (χ0v) is 29.5. The van der Waals surface area contributed by atoms with E-state index in [1.807, 2.05) is 60.0 Å². The van der Waals surface area contributed by atoms with Crippen LogP contribution in [0.25, 0.3) is 6.08 Å². The smallest absolute Gasteiger partial charge is 0.455 e. The molecule has 2 fully saturated rings. The first-order valence-electron chi connectivity index (χ1n) is 16.1. The summed E-state index contributed by atoms with van der Waals surface area (Å²) in [5.41, 5.74) is 4.13. The van der Waals surface area contributed by atoms with Crippen molar-refractivity contribution in [2.24, 2.45) is 17.8 Å². The van der Waals surface area contributed by atoms with Crippen molar-refractivity contribution in [1.29, 1.82) is 0 Å². The van der Waals surface area contributed by atoms with E-state index in [2.05, 4.69) is 35.6 Å². The molecular formula is C36H39BINO7S. The van der Waals surface area contributed by atoms with Gasteiger partial charge < -0.3 is 24.3 Å². The minimum absolute atomic E-state index is 0.125. The fraction of sp³-hybridized carbons (Fsp3) is 0.389. The summed E-state index contributed by atoms with van der Waals surface area (Å²) in [6.45, 7) is 2.69. The number of carbonyl (C=O) groups excluding carboxylic acids is 2. The normalized spacial score (nSPS) is 22.9. The van der Waals surface area contributed by atoms with Crippen LogP contribution >= 0.6 is 33.9 Å². The van der Waals surface area contributed by atoms with Crippen LogP contribution < -0.4 is 9.47 Å². The van der Waals surface area contributed by atoms with E-state index in [1.54, 1.807) is 7.11 Å². The molecule has 3 aromatic rings. The number of methoxy groups -OCH3 is 1. The molecule has 1 aliphatic carbocycles. The zero-order valence-electron chi connectivity index (χ0n) is 26.6. The van der Waals surface area contributed by atoms with E-state index in [1.165, 1.54) is 21.8 Å². The SMILES string of the molecule is CCC/C(=C\c1cc(I)c(O)c(OC)c1)CC[C@H]1OB(O)C[C@H]2C1=C(COc1ccccc1)C[C@H]1C(=O)N(Cc3cccs3)C(=O)[C@H]12. The number of rotatable bonds is 12. The molecule has 0 radical (unpaired) electrons. The molecule has 2 aromatic carbocycles. The van der Waals surface area contributed by atoms with Crippen LogP contribution in [0, 0.1) is 21.3 Å². The summed E-state index contributed by atoms with van der Waals surface area (Å²) in [5, 5.41) is 23.3. The number of thiophene rings is 1. The number of halogens is 1. The molecule has 2 aliphatic heterocycles. The second-order valence-electron chi connectivity index (χ2n) is 12.4. The van der Waals surface area contributed by atoms with Crippen LogP contribution in [0.4, 0.5) is 0 Å². The molecule has 11 heteroatoms. The fourth-order valence-corrected chi connectivity index (χ4v) is 8.66. The van der Waals surface area contributed by atoms with Gasteiger partial charge in [0, 0.05) is 4.88 Å². The number of likely N-dealkylation sites (tertiary alicyclic amines) is 1. The van der Waals surface area contributed by atoms with Gasteiger partial charge in [0.05, 0.1) is 35.2 Å². The number of para-hydroxylation sites is 1. The van der Waals surface area contributed by atoms with Crippen LogP contribution in [0.15, 0.2) is 76.7 Å². The lowest BCUT2D eigenvalue weighted by atomic mass is 9.58. The molecule has 3 aliphatic rings. The number of hydrogen-bond acceptors (Lipinski definition) is 8. The number of nitrogens with zero attached hydrogens (tertiary/aromatic N) is 1. The highest BCUT2D eigenvalue weighted by atomic mass is 127. The number of aromatic hydroxyl groups is 1. The highest BCUT2D eigenvalue weighted by Gasteiger charge is 2.57. The van der Waals surface area contributed by atoms with Gasteiger partial charge in [-0.3, -0.25) is 14.5 Å². The van der Waals surface area contributed by atoms with E-state index in [4.69, 9.17) is 14.1 Å². The molecule has 2 amide bonds. The Morgan fingerprint density at radius 1 is 1.13 bits per heavy atom. The van der Waals surface area contributed by atoms with Crippen molar-refractivity contribution < 1.29 is 33.8 Å². The van der Waals surface area contributed by atoms with E-state index < -0.39 is 25.1 Å². The highest BCUT2D eigenvalue weighted by molar-refractivity contribution is 14.1. The van der Waals surface area contributed by atoms with E-state index in [9.17, 15) is 19.7 Å². The predicted octanol–water partition coefficient (Wildman–Crippen LogP) is 7.11. The molecule has 3 heterocycles. The minimum atomic E-state index is -1.04.